The molecule has 0 saturated carbocycles. The van der Waals surface area contributed by atoms with Crippen molar-refractivity contribution in [2.45, 2.75) is 32.4 Å². The molecule has 36 heavy (non-hydrogen) atoms. The van der Waals surface area contributed by atoms with Crippen molar-refractivity contribution in [1.82, 2.24) is 30.1 Å². The molecular weight excluding hydrogens is 454 g/mol. The topological polar surface area (TPSA) is 105 Å². The number of benzene rings is 2. The standard InChI is InChI=1S/C27H33N7O2/c1-28-11-5-16-34-22-8-3-2-7-21(22)31-27(34)32-25(35)20-10-9-19-17-24-26(36)30-14-4-12-29-13-6-15-33(24)23(19)18-20/h2-3,7-10,17-18,28-29H,4-6,11-16H2,1H3,(H,30,36)(H,31,32,35). The number of carbonyl (C=O) groups excluding carboxylic acids is 2. The van der Waals surface area contributed by atoms with Gasteiger partial charge in [-0.3, -0.25) is 14.9 Å². The van der Waals surface area contributed by atoms with Crippen molar-refractivity contribution in [1.29, 1.82) is 0 Å². The third-order valence-electron chi connectivity index (χ3n) is 6.64. The summed E-state index contributed by atoms with van der Waals surface area (Å²) in [5.41, 5.74) is 3.90. The van der Waals surface area contributed by atoms with Gasteiger partial charge in [-0.25, -0.2) is 4.98 Å². The normalized spacial score (nSPS) is 14.9. The number of imidazole rings is 1. The number of aryl methyl sites for hydroxylation is 2. The Hall–Kier alpha value is -3.69. The van der Waals surface area contributed by atoms with Crippen LogP contribution in [-0.4, -0.2) is 59.2 Å². The third-order valence-corrected chi connectivity index (χ3v) is 6.64. The van der Waals surface area contributed by atoms with Crippen molar-refractivity contribution in [2.24, 2.45) is 0 Å². The lowest BCUT2D eigenvalue weighted by atomic mass is 10.1. The van der Waals surface area contributed by atoms with Crippen molar-refractivity contribution in [2.75, 3.05) is 38.5 Å². The van der Waals surface area contributed by atoms with Crippen LogP contribution in [0, 0.1) is 0 Å². The maximum atomic E-state index is 13.4. The quantitative estimate of drug-likeness (QED) is 0.313. The number of hydrogen-bond donors (Lipinski definition) is 4. The summed E-state index contributed by atoms with van der Waals surface area (Å²) in [7, 11) is 1.93. The van der Waals surface area contributed by atoms with Crippen molar-refractivity contribution >= 4 is 39.7 Å². The van der Waals surface area contributed by atoms with E-state index in [9.17, 15) is 9.59 Å². The summed E-state index contributed by atoms with van der Waals surface area (Å²) in [6.07, 6.45) is 2.71. The maximum Gasteiger partial charge on any atom is 0.267 e. The van der Waals surface area contributed by atoms with Gasteiger partial charge in [0, 0.05) is 36.1 Å². The molecule has 0 unspecified atom stereocenters. The number of hydrogen-bond acceptors (Lipinski definition) is 5. The summed E-state index contributed by atoms with van der Waals surface area (Å²) in [6, 6.07) is 15.4. The number of carbonyl (C=O) groups is 2. The van der Waals surface area contributed by atoms with E-state index >= 15 is 0 Å². The number of fused-ring (bicyclic) bond motifs is 4. The zero-order valence-electron chi connectivity index (χ0n) is 20.6. The Bertz CT molecular complexity index is 1390. The van der Waals surface area contributed by atoms with E-state index in [1.54, 1.807) is 0 Å². The molecule has 2 aromatic heterocycles. The van der Waals surface area contributed by atoms with Gasteiger partial charge in [0.25, 0.3) is 11.8 Å². The van der Waals surface area contributed by atoms with E-state index in [4.69, 9.17) is 0 Å². The van der Waals surface area contributed by atoms with Gasteiger partial charge in [-0.2, -0.15) is 0 Å². The van der Waals surface area contributed by atoms with Gasteiger partial charge in [-0.1, -0.05) is 18.2 Å². The summed E-state index contributed by atoms with van der Waals surface area (Å²) >= 11 is 0. The summed E-state index contributed by atoms with van der Waals surface area (Å²) < 4.78 is 4.09. The van der Waals surface area contributed by atoms with E-state index < -0.39 is 0 Å². The van der Waals surface area contributed by atoms with Gasteiger partial charge in [-0.15, -0.1) is 0 Å². The fraction of sp³-hybridized carbons (Fsp3) is 0.370. The minimum atomic E-state index is -0.222. The van der Waals surface area contributed by atoms with Crippen LogP contribution in [0.25, 0.3) is 21.9 Å². The molecule has 4 N–H and O–H groups in total. The Morgan fingerprint density at radius 1 is 1.06 bits per heavy atom. The summed E-state index contributed by atoms with van der Waals surface area (Å²) in [6.45, 7) is 4.73. The molecule has 2 amide bonds. The SMILES string of the molecule is CNCCCn1c(NC(=O)c2ccc3cc4n(c3c2)CCCNCCCNC4=O)nc2ccccc21. The fourth-order valence-electron chi connectivity index (χ4n) is 4.80. The molecular formula is C27H33N7O2. The number of nitrogens with zero attached hydrogens (tertiary/aromatic N) is 3. The van der Waals surface area contributed by atoms with Gasteiger partial charge in [0.05, 0.1) is 11.0 Å². The number of nitrogens with one attached hydrogen (secondary N) is 4. The van der Waals surface area contributed by atoms with Crippen molar-refractivity contribution in [3.63, 3.8) is 0 Å². The van der Waals surface area contributed by atoms with Crippen LogP contribution in [0.5, 0.6) is 0 Å². The zero-order valence-corrected chi connectivity index (χ0v) is 20.6. The second kappa shape index (κ2) is 10.9. The van der Waals surface area contributed by atoms with Crippen LogP contribution in [0.1, 0.15) is 40.1 Å². The molecule has 2 aromatic carbocycles. The second-order valence-electron chi connectivity index (χ2n) is 9.15. The Morgan fingerprint density at radius 3 is 2.81 bits per heavy atom. The molecule has 9 heteroatoms. The Balaban J connectivity index is 1.45. The Kier molecular flexibility index (Phi) is 7.29. The van der Waals surface area contributed by atoms with Crippen LogP contribution in [0.2, 0.25) is 0 Å². The average Bonchev–Trinajstić information content (AvgIpc) is 3.42. The van der Waals surface area contributed by atoms with Gasteiger partial charge in [0.2, 0.25) is 5.95 Å². The lowest BCUT2D eigenvalue weighted by molar-refractivity contribution is 0.0944. The molecule has 4 aromatic rings. The van der Waals surface area contributed by atoms with E-state index in [0.717, 1.165) is 67.4 Å². The number of aromatic nitrogens is 3. The summed E-state index contributed by atoms with van der Waals surface area (Å²) in [5.74, 6) is 0.243. The van der Waals surface area contributed by atoms with Gasteiger partial charge < -0.3 is 25.1 Å². The van der Waals surface area contributed by atoms with E-state index in [-0.39, 0.29) is 11.8 Å². The molecule has 0 fully saturated rings. The molecule has 188 valence electrons. The highest BCUT2D eigenvalue weighted by Crippen LogP contribution is 2.24. The smallest absolute Gasteiger partial charge is 0.267 e. The molecule has 5 rings (SSSR count). The highest BCUT2D eigenvalue weighted by molar-refractivity contribution is 6.07. The summed E-state index contributed by atoms with van der Waals surface area (Å²) in [4.78, 5) is 30.9. The molecule has 0 spiro atoms. The molecule has 0 aliphatic carbocycles. The molecule has 1 aliphatic rings. The fourth-order valence-corrected chi connectivity index (χ4v) is 4.80. The average molecular weight is 488 g/mol. The third kappa shape index (κ3) is 4.98. The van der Waals surface area contributed by atoms with Crippen molar-refractivity contribution < 1.29 is 9.59 Å². The molecule has 0 radical (unpaired) electrons. The van der Waals surface area contributed by atoms with Crippen LogP contribution >= 0.6 is 0 Å². The predicted octanol–water partition coefficient (Wildman–Crippen LogP) is 2.97. The van der Waals surface area contributed by atoms with Gasteiger partial charge in [0.15, 0.2) is 0 Å². The predicted molar refractivity (Wildman–Crippen MR) is 143 cm³/mol. The van der Waals surface area contributed by atoms with E-state index in [1.165, 1.54) is 0 Å². The molecule has 0 atom stereocenters. The lowest BCUT2D eigenvalue weighted by Gasteiger charge is -2.12. The number of rotatable bonds is 6. The monoisotopic (exact) mass is 487 g/mol. The van der Waals surface area contributed by atoms with Crippen molar-refractivity contribution in [3.05, 3.63) is 59.8 Å². The highest BCUT2D eigenvalue weighted by atomic mass is 16.2. The first-order chi connectivity index (χ1) is 17.7. The largest absolute Gasteiger partial charge is 0.351 e. The van der Waals surface area contributed by atoms with Crippen LogP contribution in [0.4, 0.5) is 5.95 Å². The molecule has 9 nitrogen and oxygen atoms in total. The van der Waals surface area contributed by atoms with E-state index in [0.29, 0.717) is 30.3 Å². The zero-order chi connectivity index (χ0) is 24.9. The number of amides is 2. The van der Waals surface area contributed by atoms with Crippen LogP contribution in [-0.2, 0) is 13.1 Å². The molecule has 3 heterocycles. The highest BCUT2D eigenvalue weighted by Gasteiger charge is 2.19. The summed E-state index contributed by atoms with van der Waals surface area (Å²) in [5, 5.41) is 13.6. The molecule has 0 saturated heterocycles. The van der Waals surface area contributed by atoms with Gasteiger partial charge >= 0.3 is 0 Å². The van der Waals surface area contributed by atoms with Crippen LogP contribution in [0.3, 0.4) is 0 Å². The van der Waals surface area contributed by atoms with E-state index in [1.807, 2.05) is 60.1 Å². The Morgan fingerprint density at radius 2 is 1.92 bits per heavy atom. The van der Waals surface area contributed by atoms with Crippen LogP contribution < -0.4 is 21.3 Å². The van der Waals surface area contributed by atoms with E-state index in [2.05, 4.69) is 30.8 Å². The molecule has 1 aliphatic heterocycles. The first-order valence-corrected chi connectivity index (χ1v) is 12.7. The maximum absolute atomic E-state index is 13.4. The number of anilines is 1. The van der Waals surface area contributed by atoms with Gasteiger partial charge in [-0.05, 0) is 76.3 Å². The first-order valence-electron chi connectivity index (χ1n) is 12.7. The minimum absolute atomic E-state index is 0.0746. The first kappa shape index (κ1) is 24.0. The number of para-hydroxylation sites is 2. The molecule has 0 bridgehead atoms. The Labute approximate surface area is 210 Å². The van der Waals surface area contributed by atoms with Crippen molar-refractivity contribution in [3.8, 4) is 0 Å². The van der Waals surface area contributed by atoms with Crippen LogP contribution in [0.15, 0.2) is 48.5 Å². The lowest BCUT2D eigenvalue weighted by Crippen LogP contribution is -2.27. The second-order valence-corrected chi connectivity index (χ2v) is 9.15. The van der Waals surface area contributed by atoms with Gasteiger partial charge in [0.1, 0.15) is 5.69 Å². The minimum Gasteiger partial charge on any atom is -0.351 e.